The van der Waals surface area contributed by atoms with E-state index in [4.69, 9.17) is 21.9 Å². The standard InChI is InChI=1S/C9H9F3.C8H8BNO3.C7H17N3.C7H14N2O2/c1-2-7-3-5-8(6-4-7)9(10,11)12;11-5-10-7-2-1-6-4-13-9(12)8(6)3-7;1-10-7-3-5(8)2-6(9)4-7;1-2-9-7(11)6(8)4-3-5-10/h3-6H,2H2,1H3;1-3,5,12H,4H2,(H,10,11);5-7,10H,2-4,8-9H2,1H3;5-6H,2-4,8H2,1H3,(H,9,11). The molecule has 0 radical (unpaired) electrons. The summed E-state index contributed by atoms with van der Waals surface area (Å²) in [5.41, 5.74) is 19.7. The third kappa shape index (κ3) is 15.3. The molecule has 4 rings (SSSR count). The number of nitrogens with one attached hydrogen (secondary N) is 3. The summed E-state index contributed by atoms with van der Waals surface area (Å²) in [6.45, 7) is 4.73. The molecular formula is C31H48BF3N6O5. The average Bonchev–Trinajstić information content (AvgIpc) is 3.39. The van der Waals surface area contributed by atoms with Crippen LogP contribution in [0.15, 0.2) is 42.5 Å². The molecule has 0 spiro atoms. The predicted molar refractivity (Wildman–Crippen MR) is 174 cm³/mol. The van der Waals surface area contributed by atoms with Crippen molar-refractivity contribution in [2.24, 2.45) is 17.2 Å². The Morgan fingerprint density at radius 1 is 1.09 bits per heavy atom. The molecule has 0 saturated heterocycles. The summed E-state index contributed by atoms with van der Waals surface area (Å²) in [4.78, 5) is 31.0. The van der Waals surface area contributed by atoms with Crippen LogP contribution in [0.3, 0.4) is 0 Å². The summed E-state index contributed by atoms with van der Waals surface area (Å²) in [5, 5.41) is 17.6. The monoisotopic (exact) mass is 652 g/mol. The van der Waals surface area contributed by atoms with Crippen LogP contribution in [0.25, 0.3) is 0 Å². The summed E-state index contributed by atoms with van der Waals surface area (Å²) in [6.07, 6.45) is 1.81. The van der Waals surface area contributed by atoms with Crippen LogP contribution in [0.1, 0.15) is 62.6 Å². The minimum atomic E-state index is -4.22. The van der Waals surface area contributed by atoms with E-state index in [2.05, 4.69) is 16.0 Å². The number of amides is 2. The third-order valence-corrected chi connectivity index (χ3v) is 7.20. The van der Waals surface area contributed by atoms with Crippen molar-refractivity contribution in [2.75, 3.05) is 18.9 Å². The number of likely N-dealkylation sites (N-methyl/N-ethyl adjacent to an activating group) is 1. The number of hydrogen-bond donors (Lipinski definition) is 7. The maximum absolute atomic E-state index is 12.0. The first-order chi connectivity index (χ1) is 21.8. The number of alkyl halides is 3. The van der Waals surface area contributed by atoms with Crippen LogP contribution >= 0.6 is 0 Å². The van der Waals surface area contributed by atoms with Crippen molar-refractivity contribution in [3.8, 4) is 0 Å². The number of aldehydes is 1. The van der Waals surface area contributed by atoms with Crippen LogP contribution in [-0.2, 0) is 38.2 Å². The highest BCUT2D eigenvalue weighted by Gasteiger charge is 2.30. The van der Waals surface area contributed by atoms with Gasteiger partial charge < -0.3 is 47.6 Å². The molecule has 10 N–H and O–H groups in total. The van der Waals surface area contributed by atoms with Gasteiger partial charge in [0.25, 0.3) is 0 Å². The van der Waals surface area contributed by atoms with Gasteiger partial charge in [-0.15, -0.1) is 0 Å². The van der Waals surface area contributed by atoms with Crippen molar-refractivity contribution in [2.45, 2.75) is 89.3 Å². The third-order valence-electron chi connectivity index (χ3n) is 7.20. The number of hydrogen-bond acceptors (Lipinski definition) is 9. The fourth-order valence-corrected chi connectivity index (χ4v) is 4.63. The van der Waals surface area contributed by atoms with E-state index in [0.717, 1.165) is 60.7 Å². The van der Waals surface area contributed by atoms with Gasteiger partial charge in [-0.1, -0.05) is 25.1 Å². The van der Waals surface area contributed by atoms with Gasteiger partial charge in [-0.3, -0.25) is 9.59 Å². The second kappa shape index (κ2) is 21.5. The SMILES string of the molecule is CCNC(=O)C(N)CCC=O.CCc1ccc(C(F)(F)F)cc1.CNC1CC(N)CC(N)C1.O=CNc1ccc2c(c1)B(O)OC2. The zero-order chi connectivity index (χ0) is 34.7. The van der Waals surface area contributed by atoms with E-state index in [9.17, 15) is 32.6 Å². The van der Waals surface area contributed by atoms with Crippen LogP contribution in [0.2, 0.25) is 0 Å². The van der Waals surface area contributed by atoms with Gasteiger partial charge in [-0.05, 0) is 86.9 Å². The first-order valence-corrected chi connectivity index (χ1v) is 15.2. The molecule has 11 nitrogen and oxygen atoms in total. The molecule has 2 aromatic carbocycles. The summed E-state index contributed by atoms with van der Waals surface area (Å²) < 4.78 is 41.1. The number of fused-ring (bicyclic) bond motifs is 1. The molecule has 1 saturated carbocycles. The van der Waals surface area contributed by atoms with E-state index in [1.54, 1.807) is 12.1 Å². The van der Waals surface area contributed by atoms with Crippen LogP contribution in [0.5, 0.6) is 0 Å². The van der Waals surface area contributed by atoms with Gasteiger partial charge in [0, 0.05) is 36.8 Å². The lowest BCUT2D eigenvalue weighted by molar-refractivity contribution is -0.137. The van der Waals surface area contributed by atoms with Crippen LogP contribution < -0.4 is 38.6 Å². The molecular weight excluding hydrogens is 604 g/mol. The number of nitrogens with two attached hydrogens (primary N) is 3. The first kappa shape index (κ1) is 40.7. The minimum absolute atomic E-state index is 0.186. The van der Waals surface area contributed by atoms with Gasteiger partial charge in [-0.2, -0.15) is 13.2 Å². The van der Waals surface area contributed by atoms with Gasteiger partial charge in [0.2, 0.25) is 12.3 Å². The van der Waals surface area contributed by atoms with Crippen molar-refractivity contribution in [1.82, 2.24) is 10.6 Å². The van der Waals surface area contributed by atoms with Gasteiger partial charge in [0.1, 0.15) is 6.29 Å². The minimum Gasteiger partial charge on any atom is -0.423 e. The maximum Gasteiger partial charge on any atom is 0.491 e. The second-order valence-corrected chi connectivity index (χ2v) is 10.8. The number of halogens is 3. The highest BCUT2D eigenvalue weighted by atomic mass is 19.4. The van der Waals surface area contributed by atoms with E-state index < -0.39 is 24.9 Å². The second-order valence-electron chi connectivity index (χ2n) is 10.8. The quantitative estimate of drug-likeness (QED) is 0.156. The van der Waals surface area contributed by atoms with E-state index in [0.29, 0.717) is 56.2 Å². The number of rotatable bonds is 9. The summed E-state index contributed by atoms with van der Waals surface area (Å²) >= 11 is 0. The Morgan fingerprint density at radius 3 is 2.22 bits per heavy atom. The highest BCUT2D eigenvalue weighted by Crippen LogP contribution is 2.29. The lowest BCUT2D eigenvalue weighted by Gasteiger charge is -2.30. The molecule has 3 unspecified atom stereocenters. The molecule has 256 valence electrons. The molecule has 2 amide bonds. The van der Waals surface area contributed by atoms with E-state index >= 15 is 0 Å². The molecule has 2 aliphatic rings. The fraction of sp³-hybridized carbons (Fsp3) is 0.516. The molecule has 15 heteroatoms. The number of aryl methyl sites for hydroxylation is 1. The largest absolute Gasteiger partial charge is 0.491 e. The van der Waals surface area contributed by atoms with Gasteiger partial charge in [0.05, 0.1) is 18.2 Å². The predicted octanol–water partition coefficient (Wildman–Crippen LogP) is 1.58. The topological polar surface area (TPSA) is 195 Å². The molecule has 0 aromatic heterocycles. The molecule has 0 bridgehead atoms. The number of anilines is 1. The summed E-state index contributed by atoms with van der Waals surface area (Å²) in [6, 6.07) is 11.2. The average molecular weight is 653 g/mol. The molecule has 1 aliphatic heterocycles. The van der Waals surface area contributed by atoms with Crippen LogP contribution in [0.4, 0.5) is 18.9 Å². The van der Waals surface area contributed by atoms with Crippen molar-refractivity contribution in [3.05, 3.63) is 59.2 Å². The highest BCUT2D eigenvalue weighted by molar-refractivity contribution is 6.61. The smallest absolute Gasteiger partial charge is 0.423 e. The lowest BCUT2D eigenvalue weighted by atomic mass is 9.79. The Hall–Kier alpha value is -3.34. The van der Waals surface area contributed by atoms with E-state index in [1.807, 2.05) is 27.0 Å². The van der Waals surface area contributed by atoms with Crippen LogP contribution in [-0.4, -0.2) is 68.5 Å². The van der Waals surface area contributed by atoms with Crippen molar-refractivity contribution < 1.29 is 37.2 Å². The fourth-order valence-electron chi connectivity index (χ4n) is 4.63. The molecule has 46 heavy (non-hydrogen) atoms. The molecule has 1 aliphatic carbocycles. The normalized spacial score (nSPS) is 19.0. The number of carbonyl (C=O) groups excluding carboxylic acids is 3. The summed E-state index contributed by atoms with van der Waals surface area (Å²) in [7, 11) is 1.11. The maximum atomic E-state index is 12.0. The van der Waals surface area contributed by atoms with Crippen molar-refractivity contribution >= 4 is 36.9 Å². The molecule has 2 aromatic rings. The van der Waals surface area contributed by atoms with Gasteiger partial charge in [-0.25, -0.2) is 0 Å². The Balaban J connectivity index is 0.000000308. The van der Waals surface area contributed by atoms with E-state index in [1.165, 1.54) is 12.1 Å². The molecule has 1 fully saturated rings. The Labute approximate surface area is 269 Å². The van der Waals surface area contributed by atoms with Gasteiger partial charge >= 0.3 is 13.3 Å². The number of benzene rings is 2. The Kier molecular flexibility index (Phi) is 19.0. The zero-order valence-electron chi connectivity index (χ0n) is 26.7. The zero-order valence-corrected chi connectivity index (χ0v) is 26.7. The van der Waals surface area contributed by atoms with Crippen LogP contribution in [0, 0.1) is 0 Å². The first-order valence-electron chi connectivity index (χ1n) is 15.2. The molecule has 3 atom stereocenters. The van der Waals surface area contributed by atoms with E-state index in [-0.39, 0.29) is 5.91 Å². The van der Waals surface area contributed by atoms with Crippen molar-refractivity contribution in [3.63, 3.8) is 0 Å². The number of carbonyl (C=O) groups is 3. The van der Waals surface area contributed by atoms with Crippen molar-refractivity contribution in [1.29, 1.82) is 0 Å². The Morgan fingerprint density at radius 2 is 1.72 bits per heavy atom. The van der Waals surface area contributed by atoms with Gasteiger partial charge in [0.15, 0.2) is 0 Å². The Bertz CT molecular complexity index is 1180. The summed E-state index contributed by atoms with van der Waals surface area (Å²) in [5.74, 6) is -0.186. The molecule has 1 heterocycles. The lowest BCUT2D eigenvalue weighted by Crippen LogP contribution is -2.46.